The van der Waals surface area contributed by atoms with Gasteiger partial charge in [0, 0.05) is 12.0 Å². The summed E-state index contributed by atoms with van der Waals surface area (Å²) in [6, 6.07) is 1.40. The van der Waals surface area contributed by atoms with E-state index in [-0.39, 0.29) is 28.8 Å². The molecule has 3 rings (SSSR count). The summed E-state index contributed by atoms with van der Waals surface area (Å²) in [5.74, 6) is 0.138. The van der Waals surface area contributed by atoms with Gasteiger partial charge < -0.3 is 13.9 Å². The second-order valence-electron chi connectivity index (χ2n) is 9.98. The van der Waals surface area contributed by atoms with E-state index in [0.29, 0.717) is 10.3 Å². The van der Waals surface area contributed by atoms with Crippen molar-refractivity contribution in [2.24, 2.45) is 5.92 Å². The fraction of sp³-hybridized carbons (Fsp3) is 0.789. The Balaban J connectivity index is 1.89. The Hall–Kier alpha value is -0.493. The molecule has 0 saturated carbocycles. The molecule has 158 valence electrons. The molecule has 28 heavy (non-hydrogen) atoms. The molecule has 0 aromatic carbocycles. The van der Waals surface area contributed by atoms with Gasteiger partial charge in [0.25, 0.3) is 5.56 Å². The molecule has 7 nitrogen and oxygen atoms in total. The molecule has 2 fully saturated rings. The number of nitrogens with one attached hydrogen (secondary N) is 1. The first-order chi connectivity index (χ1) is 12.7. The van der Waals surface area contributed by atoms with Crippen molar-refractivity contribution in [3.63, 3.8) is 0 Å². The number of aromatic nitrogens is 2. The lowest BCUT2D eigenvalue weighted by Crippen LogP contribution is -2.43. The van der Waals surface area contributed by atoms with E-state index in [4.69, 9.17) is 13.9 Å². The minimum Gasteiger partial charge on any atom is -0.414 e. The van der Waals surface area contributed by atoms with Gasteiger partial charge in [0.05, 0.1) is 22.0 Å². The lowest BCUT2D eigenvalue weighted by Gasteiger charge is -2.37. The van der Waals surface area contributed by atoms with Crippen molar-refractivity contribution in [3.8, 4) is 0 Å². The summed E-state index contributed by atoms with van der Waals surface area (Å²) in [5, 5.41) is 0.112. The van der Waals surface area contributed by atoms with Gasteiger partial charge in [-0.05, 0) is 61.0 Å². The normalized spacial score (nSPS) is 29.9. The highest BCUT2D eigenvalue weighted by Gasteiger charge is 2.55. The Morgan fingerprint density at radius 1 is 1.36 bits per heavy atom. The zero-order valence-electron chi connectivity index (χ0n) is 17.7. The highest BCUT2D eigenvalue weighted by molar-refractivity contribution is 14.1. The molecule has 1 N–H and O–H groups in total. The molecule has 2 aliphatic heterocycles. The zero-order valence-corrected chi connectivity index (χ0v) is 20.8. The summed E-state index contributed by atoms with van der Waals surface area (Å²) in [6.45, 7) is 15.7. The molecule has 9 heteroatoms. The summed E-state index contributed by atoms with van der Waals surface area (Å²) in [5.41, 5.74) is -1.17. The smallest absolute Gasteiger partial charge is 0.331 e. The molecule has 3 heterocycles. The summed E-state index contributed by atoms with van der Waals surface area (Å²) < 4.78 is 21.1. The van der Waals surface area contributed by atoms with E-state index in [1.165, 1.54) is 10.6 Å². The number of hydrogen-bond acceptors (Lipinski definition) is 5. The molecule has 1 aromatic heterocycles. The summed E-state index contributed by atoms with van der Waals surface area (Å²) in [4.78, 5) is 26.4. The maximum atomic E-state index is 12.5. The maximum absolute atomic E-state index is 12.5. The summed E-state index contributed by atoms with van der Waals surface area (Å²) in [6.07, 6.45) is -0.134. The summed E-state index contributed by atoms with van der Waals surface area (Å²) >= 11 is 2.00. The van der Waals surface area contributed by atoms with E-state index >= 15 is 0 Å². The molecular formula is C19H31IN2O5Si. The van der Waals surface area contributed by atoms with Crippen LogP contribution in [0.25, 0.3) is 0 Å². The number of hydrogen-bond donors (Lipinski definition) is 1. The Morgan fingerprint density at radius 2 is 2.00 bits per heavy atom. The van der Waals surface area contributed by atoms with Gasteiger partial charge in [0.15, 0.2) is 14.5 Å². The Morgan fingerprint density at radius 3 is 2.57 bits per heavy atom. The first-order valence-corrected chi connectivity index (χ1v) is 13.7. The third kappa shape index (κ3) is 4.18. The molecule has 0 amide bonds. The van der Waals surface area contributed by atoms with Crippen LogP contribution in [0.3, 0.4) is 0 Å². The van der Waals surface area contributed by atoms with Crippen molar-refractivity contribution in [1.29, 1.82) is 0 Å². The third-order valence-corrected chi connectivity index (χ3v) is 11.6. The van der Waals surface area contributed by atoms with Crippen molar-refractivity contribution in [2.45, 2.75) is 83.2 Å². The number of halogens is 1. The number of ether oxygens (including phenoxy) is 2. The Bertz CT molecular complexity index is 857. The predicted molar refractivity (Wildman–Crippen MR) is 118 cm³/mol. The molecule has 4 unspecified atom stereocenters. The lowest BCUT2D eigenvalue weighted by molar-refractivity contribution is -0.111. The predicted octanol–water partition coefficient (Wildman–Crippen LogP) is 3.24. The SMILES string of the molecule is CC1(C)CC2C(CO[Si](C)(C)C(C)(C)C)OC(n3c(I)cc(=O)[nH]c3=O)C2O1. The van der Waals surface area contributed by atoms with Crippen LogP contribution in [0.1, 0.15) is 47.3 Å². The van der Waals surface area contributed by atoms with Crippen molar-refractivity contribution < 1.29 is 13.9 Å². The monoisotopic (exact) mass is 522 g/mol. The average molecular weight is 522 g/mol. The lowest BCUT2D eigenvalue weighted by atomic mass is 9.91. The van der Waals surface area contributed by atoms with Gasteiger partial charge in [-0.25, -0.2) is 4.79 Å². The van der Waals surface area contributed by atoms with E-state index in [1.807, 2.05) is 22.6 Å². The second-order valence-corrected chi connectivity index (χ2v) is 15.9. The van der Waals surface area contributed by atoms with Crippen LogP contribution < -0.4 is 11.2 Å². The van der Waals surface area contributed by atoms with Gasteiger partial charge in [0.2, 0.25) is 0 Å². The maximum Gasteiger partial charge on any atom is 0.331 e. The van der Waals surface area contributed by atoms with E-state index in [2.05, 4.69) is 52.7 Å². The number of H-pyrrole nitrogens is 1. The van der Waals surface area contributed by atoms with E-state index in [0.717, 1.165) is 6.42 Å². The molecule has 0 aliphatic carbocycles. The third-order valence-electron chi connectivity index (χ3n) is 6.28. The Labute approximate surface area is 180 Å². The summed E-state index contributed by atoms with van der Waals surface area (Å²) in [7, 11) is -1.92. The van der Waals surface area contributed by atoms with Crippen LogP contribution in [0.2, 0.25) is 18.1 Å². The molecule has 4 atom stereocenters. The molecule has 0 spiro atoms. The number of rotatable bonds is 4. The highest BCUT2D eigenvalue weighted by Crippen LogP contribution is 2.48. The van der Waals surface area contributed by atoms with Crippen LogP contribution in [-0.2, 0) is 13.9 Å². The highest BCUT2D eigenvalue weighted by atomic mass is 127. The fourth-order valence-electron chi connectivity index (χ4n) is 3.75. The number of nitrogens with zero attached hydrogens (tertiary/aromatic N) is 1. The Kier molecular flexibility index (Phi) is 5.81. The standard InChI is InChI=1S/C19H31IN2O5Si/c1-18(2,3)28(6,7)25-10-12-11-9-19(4,5)27-15(11)16(26-12)22-13(20)8-14(23)21-17(22)24/h8,11-12,15-16H,9-10H2,1-7H3,(H,21,23,24). The fourth-order valence-corrected chi connectivity index (χ4v) is 5.54. The largest absolute Gasteiger partial charge is 0.414 e. The van der Waals surface area contributed by atoms with Gasteiger partial charge in [0.1, 0.15) is 6.10 Å². The second kappa shape index (κ2) is 7.33. The van der Waals surface area contributed by atoms with E-state index in [1.54, 1.807) is 0 Å². The van der Waals surface area contributed by atoms with Crippen molar-refractivity contribution in [2.75, 3.05) is 6.61 Å². The van der Waals surface area contributed by atoms with E-state index in [9.17, 15) is 9.59 Å². The molecule has 0 bridgehead atoms. The molecule has 2 aliphatic rings. The first kappa shape index (κ1) is 22.2. The van der Waals surface area contributed by atoms with E-state index < -0.39 is 25.8 Å². The molecular weight excluding hydrogens is 491 g/mol. The quantitative estimate of drug-likeness (QED) is 0.373. The van der Waals surface area contributed by atoms with Crippen LogP contribution in [0.4, 0.5) is 0 Å². The van der Waals surface area contributed by atoms with Crippen molar-refractivity contribution >= 4 is 30.9 Å². The first-order valence-electron chi connectivity index (χ1n) is 9.70. The van der Waals surface area contributed by atoms with Gasteiger partial charge >= 0.3 is 5.69 Å². The molecule has 1 aromatic rings. The van der Waals surface area contributed by atoms with Gasteiger partial charge in [-0.3, -0.25) is 14.3 Å². The van der Waals surface area contributed by atoms with Gasteiger partial charge in [-0.1, -0.05) is 20.8 Å². The van der Waals surface area contributed by atoms with Crippen molar-refractivity contribution in [1.82, 2.24) is 9.55 Å². The van der Waals surface area contributed by atoms with Crippen LogP contribution in [0.5, 0.6) is 0 Å². The average Bonchev–Trinajstić information content (AvgIpc) is 2.97. The topological polar surface area (TPSA) is 82.5 Å². The van der Waals surface area contributed by atoms with Crippen LogP contribution >= 0.6 is 22.6 Å². The number of fused-ring (bicyclic) bond motifs is 1. The van der Waals surface area contributed by atoms with Gasteiger partial charge in [-0.15, -0.1) is 0 Å². The minimum atomic E-state index is -1.92. The van der Waals surface area contributed by atoms with Crippen LogP contribution in [-0.4, -0.2) is 42.3 Å². The van der Waals surface area contributed by atoms with Gasteiger partial charge in [-0.2, -0.15) is 0 Å². The van der Waals surface area contributed by atoms with Crippen molar-refractivity contribution in [3.05, 3.63) is 30.6 Å². The molecule has 0 radical (unpaired) electrons. The van der Waals surface area contributed by atoms with Crippen LogP contribution in [0.15, 0.2) is 15.7 Å². The van der Waals surface area contributed by atoms with Crippen LogP contribution in [0, 0.1) is 9.62 Å². The zero-order chi connectivity index (χ0) is 21.1. The number of aromatic amines is 1. The molecule has 2 saturated heterocycles. The minimum absolute atomic E-state index is 0.112.